The molecule has 0 aliphatic heterocycles. The molecule has 0 spiro atoms. The minimum absolute atomic E-state index is 0.0217. The fraction of sp³-hybridized carbons (Fsp3) is 0.538. The number of halogens is 2. The third-order valence-electron chi connectivity index (χ3n) is 2.55. The van der Waals surface area contributed by atoms with E-state index in [0.717, 1.165) is 0 Å². The minimum atomic E-state index is -2.59. The maximum atomic E-state index is 12.0. The van der Waals surface area contributed by atoms with Gasteiger partial charge in [-0.15, -0.1) is 0 Å². The second kappa shape index (κ2) is 8.42. The van der Waals surface area contributed by atoms with Gasteiger partial charge in [0.05, 0.1) is 6.10 Å². The number of carbonyl (C=O) groups excluding carboxylic acids is 1. The molecule has 1 unspecified atom stereocenters. The first kappa shape index (κ1) is 16.3. The molecule has 0 aromatic carbocycles. The van der Waals surface area contributed by atoms with Crippen LogP contribution in [0.1, 0.15) is 30.3 Å². The number of ether oxygens (including phenoxy) is 1. The van der Waals surface area contributed by atoms with Gasteiger partial charge in [0.1, 0.15) is 5.69 Å². The van der Waals surface area contributed by atoms with Gasteiger partial charge in [-0.1, -0.05) is 13.0 Å². The number of carbonyl (C=O) groups is 1. The van der Waals surface area contributed by atoms with Gasteiger partial charge in [-0.3, -0.25) is 4.79 Å². The number of aromatic nitrogens is 1. The van der Waals surface area contributed by atoms with Gasteiger partial charge in [0.25, 0.3) is 12.3 Å². The van der Waals surface area contributed by atoms with Crippen molar-refractivity contribution in [3.63, 3.8) is 0 Å². The second-order valence-corrected chi connectivity index (χ2v) is 4.17. The Balaban J connectivity index is 2.49. The molecule has 1 amide bonds. The summed E-state index contributed by atoms with van der Waals surface area (Å²) in [5.41, 5.74) is 0.0859. The van der Waals surface area contributed by atoms with Crippen LogP contribution >= 0.6 is 0 Å². The molecule has 1 heterocycles. The third-order valence-corrected chi connectivity index (χ3v) is 2.55. The molecule has 0 saturated carbocycles. The van der Waals surface area contributed by atoms with E-state index in [1.165, 1.54) is 18.2 Å². The Morgan fingerprint density at radius 3 is 2.90 bits per heavy atom. The van der Waals surface area contributed by atoms with E-state index in [-0.39, 0.29) is 11.6 Å². The summed E-state index contributed by atoms with van der Waals surface area (Å²) in [6, 6.07) is 4.37. The average molecular weight is 288 g/mol. The summed E-state index contributed by atoms with van der Waals surface area (Å²) in [4.78, 5) is 15.6. The van der Waals surface area contributed by atoms with Crippen LogP contribution in [0.5, 0.6) is 5.88 Å². The Labute approximate surface area is 116 Å². The van der Waals surface area contributed by atoms with Crippen LogP contribution in [0.4, 0.5) is 8.78 Å². The Morgan fingerprint density at radius 2 is 2.25 bits per heavy atom. The van der Waals surface area contributed by atoms with Crippen molar-refractivity contribution in [2.45, 2.75) is 32.3 Å². The number of nitrogens with zero attached hydrogens (tertiary/aromatic N) is 1. The Hall–Kier alpha value is -1.76. The highest BCUT2D eigenvalue weighted by Gasteiger charge is 2.10. The molecule has 20 heavy (non-hydrogen) atoms. The molecule has 1 atom stereocenters. The maximum Gasteiger partial charge on any atom is 0.272 e. The summed E-state index contributed by atoms with van der Waals surface area (Å²) in [5.74, 6) is -0.456. The first-order valence-electron chi connectivity index (χ1n) is 6.37. The van der Waals surface area contributed by atoms with E-state index in [9.17, 15) is 18.7 Å². The second-order valence-electron chi connectivity index (χ2n) is 4.17. The molecule has 0 fully saturated rings. The Morgan fingerprint density at radius 1 is 1.50 bits per heavy atom. The molecule has 112 valence electrons. The van der Waals surface area contributed by atoms with Gasteiger partial charge in [0.2, 0.25) is 5.88 Å². The summed E-state index contributed by atoms with van der Waals surface area (Å²) < 4.78 is 28.7. The summed E-state index contributed by atoms with van der Waals surface area (Å²) in [7, 11) is 0. The number of hydrogen-bond donors (Lipinski definition) is 2. The average Bonchev–Trinajstić information content (AvgIpc) is 2.45. The van der Waals surface area contributed by atoms with Crippen LogP contribution in [0.2, 0.25) is 0 Å². The van der Waals surface area contributed by atoms with Crippen LogP contribution < -0.4 is 10.1 Å². The first-order chi connectivity index (χ1) is 9.52. The molecule has 0 aliphatic rings. The van der Waals surface area contributed by atoms with Crippen LogP contribution in [0, 0.1) is 0 Å². The van der Waals surface area contributed by atoms with Crippen molar-refractivity contribution < 1.29 is 23.4 Å². The van der Waals surface area contributed by atoms with Crippen molar-refractivity contribution in [3.05, 3.63) is 23.9 Å². The summed E-state index contributed by atoms with van der Waals surface area (Å²) in [6.45, 7) is 1.40. The van der Waals surface area contributed by atoms with Crippen molar-refractivity contribution in [1.82, 2.24) is 10.3 Å². The molecule has 1 rings (SSSR count). The van der Waals surface area contributed by atoms with Gasteiger partial charge < -0.3 is 15.2 Å². The SMILES string of the molecule is CCC(O)CCNC(=O)c1cccc(OCC(F)F)n1. The summed E-state index contributed by atoms with van der Waals surface area (Å²) in [5, 5.41) is 11.9. The zero-order chi connectivity index (χ0) is 15.0. The van der Waals surface area contributed by atoms with Crippen molar-refractivity contribution in [1.29, 1.82) is 0 Å². The van der Waals surface area contributed by atoms with E-state index < -0.39 is 25.0 Å². The van der Waals surface area contributed by atoms with Gasteiger partial charge in [-0.2, -0.15) is 0 Å². The van der Waals surface area contributed by atoms with Gasteiger partial charge in [0, 0.05) is 12.6 Å². The molecular formula is C13H18F2N2O3. The minimum Gasteiger partial charge on any atom is -0.472 e. The Kier molecular flexibility index (Phi) is 6.86. The number of aliphatic hydroxyl groups excluding tert-OH is 1. The quantitative estimate of drug-likeness (QED) is 0.762. The number of hydrogen-bond acceptors (Lipinski definition) is 4. The van der Waals surface area contributed by atoms with Crippen LogP contribution in [0.25, 0.3) is 0 Å². The van der Waals surface area contributed by atoms with Crippen LogP contribution in [0.3, 0.4) is 0 Å². The zero-order valence-electron chi connectivity index (χ0n) is 11.2. The lowest BCUT2D eigenvalue weighted by atomic mass is 10.2. The topological polar surface area (TPSA) is 71.5 Å². The first-order valence-corrected chi connectivity index (χ1v) is 6.37. The lowest BCUT2D eigenvalue weighted by Crippen LogP contribution is -2.27. The smallest absolute Gasteiger partial charge is 0.272 e. The molecule has 0 aliphatic carbocycles. The number of rotatable bonds is 8. The maximum absolute atomic E-state index is 12.0. The van der Waals surface area contributed by atoms with Crippen molar-refractivity contribution in [3.8, 4) is 5.88 Å². The standard InChI is InChI=1S/C13H18F2N2O3/c1-2-9(18)6-7-16-13(19)10-4-3-5-12(17-10)20-8-11(14)15/h3-5,9,11,18H,2,6-8H2,1H3,(H,16,19). The fourth-order valence-corrected chi connectivity index (χ4v) is 1.42. The van der Waals surface area contributed by atoms with Gasteiger partial charge in [-0.25, -0.2) is 13.8 Å². The summed E-state index contributed by atoms with van der Waals surface area (Å²) in [6.07, 6.45) is -1.98. The molecule has 7 heteroatoms. The van der Waals surface area contributed by atoms with Crippen molar-refractivity contribution >= 4 is 5.91 Å². The largest absolute Gasteiger partial charge is 0.472 e. The number of aliphatic hydroxyl groups is 1. The molecule has 5 nitrogen and oxygen atoms in total. The fourth-order valence-electron chi connectivity index (χ4n) is 1.42. The number of amides is 1. The lowest BCUT2D eigenvalue weighted by molar-refractivity contribution is 0.0792. The van der Waals surface area contributed by atoms with E-state index in [1.807, 2.05) is 6.92 Å². The predicted molar refractivity (Wildman–Crippen MR) is 69.0 cm³/mol. The molecule has 0 radical (unpaired) electrons. The van der Waals surface area contributed by atoms with Gasteiger partial charge >= 0.3 is 0 Å². The van der Waals surface area contributed by atoms with E-state index in [4.69, 9.17) is 4.74 Å². The van der Waals surface area contributed by atoms with Crippen molar-refractivity contribution in [2.75, 3.05) is 13.2 Å². The van der Waals surface area contributed by atoms with Crippen LogP contribution in [0.15, 0.2) is 18.2 Å². The highest BCUT2D eigenvalue weighted by atomic mass is 19.3. The number of nitrogens with one attached hydrogen (secondary N) is 1. The van der Waals surface area contributed by atoms with Crippen LogP contribution in [-0.4, -0.2) is 41.7 Å². The van der Waals surface area contributed by atoms with E-state index in [1.54, 1.807) is 0 Å². The molecule has 0 bridgehead atoms. The number of alkyl halides is 2. The van der Waals surface area contributed by atoms with E-state index in [2.05, 4.69) is 10.3 Å². The molecule has 2 N–H and O–H groups in total. The lowest BCUT2D eigenvalue weighted by Gasteiger charge is -2.09. The molecule has 1 aromatic heterocycles. The molecular weight excluding hydrogens is 270 g/mol. The van der Waals surface area contributed by atoms with Crippen LogP contribution in [-0.2, 0) is 0 Å². The molecule has 1 aromatic rings. The van der Waals surface area contributed by atoms with E-state index >= 15 is 0 Å². The van der Waals surface area contributed by atoms with Gasteiger partial charge in [0.15, 0.2) is 6.61 Å². The highest BCUT2D eigenvalue weighted by molar-refractivity contribution is 5.92. The highest BCUT2D eigenvalue weighted by Crippen LogP contribution is 2.09. The summed E-state index contributed by atoms with van der Waals surface area (Å²) >= 11 is 0. The zero-order valence-corrected chi connectivity index (χ0v) is 11.2. The van der Waals surface area contributed by atoms with Crippen molar-refractivity contribution in [2.24, 2.45) is 0 Å². The monoisotopic (exact) mass is 288 g/mol. The third kappa shape index (κ3) is 5.92. The Bertz CT molecular complexity index is 430. The van der Waals surface area contributed by atoms with Gasteiger partial charge in [-0.05, 0) is 18.9 Å². The molecule has 0 saturated heterocycles. The number of pyridine rings is 1. The van der Waals surface area contributed by atoms with E-state index in [0.29, 0.717) is 19.4 Å². The normalized spacial score (nSPS) is 12.2. The predicted octanol–water partition coefficient (Wildman–Crippen LogP) is 1.62.